The van der Waals surface area contributed by atoms with E-state index >= 15 is 0 Å². The Morgan fingerprint density at radius 1 is 0.844 bits per heavy atom. The second-order valence-corrected chi connectivity index (χ2v) is 9.75. The van der Waals surface area contributed by atoms with E-state index in [-0.39, 0.29) is 17.3 Å². The van der Waals surface area contributed by atoms with Crippen molar-refractivity contribution < 1.29 is 13.2 Å². The minimum absolute atomic E-state index is 0.233. The quantitative estimate of drug-likeness (QED) is 0.564. The fourth-order valence-electron chi connectivity index (χ4n) is 4.28. The molecule has 0 unspecified atom stereocenters. The molecule has 1 amide bonds. The largest absolute Gasteiger partial charge is 0.324 e. The number of sulfonamides is 1. The van der Waals surface area contributed by atoms with Crippen molar-refractivity contribution in [3.63, 3.8) is 0 Å². The Morgan fingerprint density at radius 2 is 1.53 bits per heavy atom. The Morgan fingerprint density at radius 3 is 2.19 bits per heavy atom. The van der Waals surface area contributed by atoms with E-state index in [2.05, 4.69) is 12.2 Å². The topological polar surface area (TPSA) is 66.5 Å². The fraction of sp³-hybridized carbons (Fsp3) is 0.269. The van der Waals surface area contributed by atoms with Crippen molar-refractivity contribution in [3.05, 3.63) is 77.4 Å². The molecule has 0 aliphatic carbocycles. The molecule has 0 atom stereocenters. The number of hydrogen-bond donors (Lipinski definition) is 1. The van der Waals surface area contributed by atoms with E-state index in [0.29, 0.717) is 11.3 Å². The Balaban J connectivity index is 1.74. The first-order chi connectivity index (χ1) is 15.4. The molecule has 3 aromatic carbocycles. The minimum atomic E-state index is -3.86. The van der Waals surface area contributed by atoms with E-state index in [4.69, 9.17) is 0 Å². The maximum atomic E-state index is 13.5. The van der Waals surface area contributed by atoms with E-state index in [9.17, 15) is 13.2 Å². The molecule has 3 aromatic rings. The molecule has 0 bridgehead atoms. The summed E-state index contributed by atoms with van der Waals surface area (Å²) < 4.78 is 28.2. The van der Waals surface area contributed by atoms with E-state index in [0.717, 1.165) is 47.2 Å². The summed E-state index contributed by atoms with van der Waals surface area (Å²) in [5.41, 5.74) is 6.04. The summed E-state index contributed by atoms with van der Waals surface area (Å²) in [6.07, 6.45) is 2.40. The summed E-state index contributed by atoms with van der Waals surface area (Å²) in [7, 11) is -3.86. The molecule has 32 heavy (non-hydrogen) atoms. The van der Waals surface area contributed by atoms with Crippen molar-refractivity contribution in [2.24, 2.45) is 0 Å². The average molecular weight is 449 g/mol. The van der Waals surface area contributed by atoms with Gasteiger partial charge >= 0.3 is 0 Å². The van der Waals surface area contributed by atoms with Crippen LogP contribution in [0.5, 0.6) is 0 Å². The van der Waals surface area contributed by atoms with Gasteiger partial charge in [-0.05, 0) is 54.2 Å². The zero-order valence-corrected chi connectivity index (χ0v) is 19.5. The Hall–Kier alpha value is -3.12. The summed E-state index contributed by atoms with van der Waals surface area (Å²) >= 11 is 0. The lowest BCUT2D eigenvalue weighted by Crippen LogP contribution is -2.40. The van der Waals surface area contributed by atoms with Crippen molar-refractivity contribution >= 4 is 27.3 Å². The van der Waals surface area contributed by atoms with Gasteiger partial charge in [-0.3, -0.25) is 9.10 Å². The number of para-hydroxylation sites is 1. The first kappa shape index (κ1) is 22.1. The van der Waals surface area contributed by atoms with Gasteiger partial charge in [-0.1, -0.05) is 63.2 Å². The molecule has 0 saturated heterocycles. The Labute approximate surface area is 190 Å². The zero-order valence-electron chi connectivity index (χ0n) is 18.7. The molecule has 0 spiro atoms. The SMILES string of the molecule is CCc1ccc2c(c1)-c1ccccc1S(=O)(=O)N2CC(=O)Nc1c(CC)cccc1CC. The molecular formula is C26H28N2O3S. The number of carbonyl (C=O) groups is 1. The molecule has 1 heterocycles. The molecule has 0 radical (unpaired) electrons. The van der Waals surface area contributed by atoms with Crippen LogP contribution in [0.2, 0.25) is 0 Å². The van der Waals surface area contributed by atoms with E-state index in [1.807, 2.05) is 62.4 Å². The molecule has 0 fully saturated rings. The number of fused-ring (bicyclic) bond motifs is 3. The lowest BCUT2D eigenvalue weighted by Gasteiger charge is -2.32. The summed E-state index contributed by atoms with van der Waals surface area (Å²) in [4.78, 5) is 13.4. The number of rotatable bonds is 6. The van der Waals surface area contributed by atoms with Crippen molar-refractivity contribution in [1.82, 2.24) is 0 Å². The van der Waals surface area contributed by atoms with Crippen molar-refractivity contribution in [2.75, 3.05) is 16.2 Å². The van der Waals surface area contributed by atoms with Gasteiger partial charge in [0.2, 0.25) is 5.91 Å². The molecular weight excluding hydrogens is 420 g/mol. The number of nitrogens with one attached hydrogen (secondary N) is 1. The minimum Gasteiger partial charge on any atom is -0.324 e. The third kappa shape index (κ3) is 3.79. The summed E-state index contributed by atoms with van der Waals surface area (Å²) in [6, 6.07) is 18.7. The number of hydrogen-bond acceptors (Lipinski definition) is 3. The first-order valence-corrected chi connectivity index (χ1v) is 12.5. The van der Waals surface area contributed by atoms with Gasteiger partial charge in [0.25, 0.3) is 10.0 Å². The van der Waals surface area contributed by atoms with Crippen molar-refractivity contribution in [1.29, 1.82) is 0 Å². The van der Waals surface area contributed by atoms with Gasteiger partial charge in [0.05, 0.1) is 10.6 Å². The Bertz CT molecular complexity index is 1260. The highest BCUT2D eigenvalue weighted by atomic mass is 32.2. The molecule has 1 N–H and O–H groups in total. The maximum absolute atomic E-state index is 13.5. The molecule has 0 aromatic heterocycles. The van der Waals surface area contributed by atoms with Gasteiger partial charge in [-0.15, -0.1) is 0 Å². The normalized spacial score (nSPS) is 13.9. The number of anilines is 2. The van der Waals surface area contributed by atoms with Gasteiger partial charge in [0, 0.05) is 16.8 Å². The molecule has 6 heteroatoms. The highest BCUT2D eigenvalue weighted by Gasteiger charge is 2.36. The van der Waals surface area contributed by atoms with Gasteiger partial charge in [-0.2, -0.15) is 0 Å². The van der Waals surface area contributed by atoms with Crippen LogP contribution < -0.4 is 9.62 Å². The Kier molecular flexibility index (Phi) is 6.07. The number of benzene rings is 3. The van der Waals surface area contributed by atoms with Crippen LogP contribution in [0.15, 0.2) is 65.6 Å². The van der Waals surface area contributed by atoms with Crippen LogP contribution in [-0.2, 0) is 34.1 Å². The monoisotopic (exact) mass is 448 g/mol. The van der Waals surface area contributed by atoms with Gasteiger partial charge in [0.15, 0.2) is 0 Å². The van der Waals surface area contributed by atoms with Crippen LogP contribution in [0, 0.1) is 0 Å². The zero-order chi connectivity index (χ0) is 22.9. The van der Waals surface area contributed by atoms with Crippen LogP contribution in [0.25, 0.3) is 11.1 Å². The van der Waals surface area contributed by atoms with Crippen LogP contribution in [0.1, 0.15) is 37.5 Å². The highest BCUT2D eigenvalue weighted by Crippen LogP contribution is 2.43. The number of nitrogens with zero attached hydrogens (tertiary/aromatic N) is 1. The van der Waals surface area contributed by atoms with Crippen LogP contribution >= 0.6 is 0 Å². The third-order valence-electron chi connectivity index (χ3n) is 6.03. The summed E-state index contributed by atoms with van der Waals surface area (Å²) in [5.74, 6) is -0.353. The van der Waals surface area contributed by atoms with Crippen LogP contribution in [0.4, 0.5) is 11.4 Å². The van der Waals surface area contributed by atoms with E-state index in [1.54, 1.807) is 12.1 Å². The van der Waals surface area contributed by atoms with Gasteiger partial charge < -0.3 is 5.32 Å². The number of aryl methyl sites for hydroxylation is 3. The maximum Gasteiger partial charge on any atom is 0.265 e. The second-order valence-electron chi connectivity index (χ2n) is 7.92. The molecule has 1 aliphatic heterocycles. The fourth-order valence-corrected chi connectivity index (χ4v) is 5.93. The van der Waals surface area contributed by atoms with Crippen molar-refractivity contribution in [2.45, 2.75) is 44.9 Å². The highest BCUT2D eigenvalue weighted by molar-refractivity contribution is 7.93. The summed E-state index contributed by atoms with van der Waals surface area (Å²) in [6.45, 7) is 5.86. The lowest BCUT2D eigenvalue weighted by atomic mass is 9.99. The predicted octanol–water partition coefficient (Wildman–Crippen LogP) is 5.19. The first-order valence-electron chi connectivity index (χ1n) is 11.1. The standard InChI is InChI=1S/C26H28N2O3S/c1-4-18-14-15-23-22(16-18)21-12-7-8-13-24(21)32(30,31)28(23)17-25(29)27-26-19(5-2)10-9-11-20(26)6-3/h7-16H,4-6,17H2,1-3H3,(H,27,29). The van der Waals surface area contributed by atoms with E-state index < -0.39 is 10.0 Å². The van der Waals surface area contributed by atoms with Crippen LogP contribution in [0.3, 0.4) is 0 Å². The van der Waals surface area contributed by atoms with Crippen molar-refractivity contribution in [3.8, 4) is 11.1 Å². The van der Waals surface area contributed by atoms with Gasteiger partial charge in [-0.25, -0.2) is 8.42 Å². The number of carbonyl (C=O) groups excluding carboxylic acids is 1. The number of amides is 1. The lowest BCUT2D eigenvalue weighted by molar-refractivity contribution is -0.114. The molecule has 1 aliphatic rings. The predicted molar refractivity (Wildman–Crippen MR) is 130 cm³/mol. The smallest absolute Gasteiger partial charge is 0.265 e. The molecule has 4 rings (SSSR count). The second kappa shape index (κ2) is 8.79. The van der Waals surface area contributed by atoms with Gasteiger partial charge in [0.1, 0.15) is 6.54 Å². The van der Waals surface area contributed by atoms with Crippen LogP contribution in [-0.4, -0.2) is 20.9 Å². The van der Waals surface area contributed by atoms with E-state index in [1.165, 1.54) is 4.31 Å². The summed E-state index contributed by atoms with van der Waals surface area (Å²) in [5, 5.41) is 3.00. The average Bonchev–Trinajstić information content (AvgIpc) is 2.81. The third-order valence-corrected chi connectivity index (χ3v) is 7.85. The molecule has 5 nitrogen and oxygen atoms in total. The molecule has 0 saturated carbocycles. The molecule has 166 valence electrons.